The number of nitrogens with zero attached hydrogens (tertiary/aromatic N) is 3. The first-order chi connectivity index (χ1) is 12.7. The van der Waals surface area contributed by atoms with E-state index >= 15 is 0 Å². The highest BCUT2D eigenvalue weighted by Gasteiger charge is 2.37. The fourth-order valence-corrected chi connectivity index (χ4v) is 4.21. The van der Waals surface area contributed by atoms with E-state index in [1.54, 1.807) is 6.20 Å². The normalized spacial score (nSPS) is 20.1. The van der Waals surface area contributed by atoms with Gasteiger partial charge in [-0.05, 0) is 30.9 Å². The Hall–Kier alpha value is -1.95. The second kappa shape index (κ2) is 9.12. The number of carbonyl (C=O) groups excluding carboxylic acids is 2. The van der Waals surface area contributed by atoms with Crippen molar-refractivity contribution in [1.82, 2.24) is 20.1 Å². The van der Waals surface area contributed by atoms with Crippen molar-refractivity contribution in [1.29, 1.82) is 0 Å². The van der Waals surface area contributed by atoms with E-state index in [9.17, 15) is 9.59 Å². The smallest absolute Gasteiger partial charge is 0.237 e. The molecule has 26 heavy (non-hydrogen) atoms. The van der Waals surface area contributed by atoms with E-state index in [0.29, 0.717) is 18.9 Å². The monoisotopic (exact) mass is 358 g/mol. The van der Waals surface area contributed by atoms with Crippen molar-refractivity contribution in [2.75, 3.05) is 26.2 Å². The van der Waals surface area contributed by atoms with Gasteiger partial charge in [0.15, 0.2) is 0 Å². The maximum absolute atomic E-state index is 13.0. The van der Waals surface area contributed by atoms with Gasteiger partial charge < -0.3 is 10.2 Å². The number of piperazine rings is 1. The minimum atomic E-state index is -0.0832. The molecule has 0 radical (unpaired) electrons. The maximum Gasteiger partial charge on any atom is 0.237 e. The summed E-state index contributed by atoms with van der Waals surface area (Å²) in [7, 11) is 0. The summed E-state index contributed by atoms with van der Waals surface area (Å²) in [6, 6.07) is 5.66. The zero-order valence-corrected chi connectivity index (χ0v) is 15.7. The lowest BCUT2D eigenvalue weighted by atomic mass is 9.95. The highest BCUT2D eigenvalue weighted by atomic mass is 16.2. The Kier molecular flexibility index (Phi) is 6.61. The molecule has 0 aromatic carbocycles. The van der Waals surface area contributed by atoms with Crippen molar-refractivity contribution in [3.63, 3.8) is 0 Å². The Bertz CT molecular complexity index is 593. The Morgan fingerprint density at radius 3 is 2.54 bits per heavy atom. The molecule has 1 atom stereocenters. The van der Waals surface area contributed by atoms with Gasteiger partial charge in [-0.2, -0.15) is 0 Å². The summed E-state index contributed by atoms with van der Waals surface area (Å²) in [6.45, 7) is 5.39. The average Bonchev–Trinajstić information content (AvgIpc) is 3.21. The zero-order chi connectivity index (χ0) is 18.4. The Morgan fingerprint density at radius 2 is 1.92 bits per heavy atom. The van der Waals surface area contributed by atoms with E-state index in [0.717, 1.165) is 44.7 Å². The van der Waals surface area contributed by atoms with Crippen LogP contribution in [-0.2, 0) is 16.1 Å². The molecule has 1 aliphatic heterocycles. The summed E-state index contributed by atoms with van der Waals surface area (Å²) >= 11 is 0. The van der Waals surface area contributed by atoms with Crippen LogP contribution < -0.4 is 5.32 Å². The van der Waals surface area contributed by atoms with Crippen molar-refractivity contribution in [3.05, 3.63) is 30.1 Å². The number of amides is 2. The Labute approximate surface area is 156 Å². The lowest BCUT2D eigenvalue weighted by Crippen LogP contribution is -2.57. The molecule has 2 fully saturated rings. The fraction of sp³-hybridized carbons (Fsp3) is 0.650. The van der Waals surface area contributed by atoms with Crippen LogP contribution in [0.25, 0.3) is 0 Å². The largest absolute Gasteiger partial charge is 0.349 e. The molecule has 1 saturated heterocycles. The van der Waals surface area contributed by atoms with Crippen LogP contribution in [0.4, 0.5) is 0 Å². The van der Waals surface area contributed by atoms with Gasteiger partial charge in [-0.1, -0.05) is 25.8 Å². The highest BCUT2D eigenvalue weighted by molar-refractivity contribution is 5.82. The number of hydrogen-bond acceptors (Lipinski definition) is 4. The highest BCUT2D eigenvalue weighted by Crippen LogP contribution is 2.31. The van der Waals surface area contributed by atoms with Gasteiger partial charge in [-0.25, -0.2) is 0 Å². The predicted octanol–water partition coefficient (Wildman–Crippen LogP) is 1.81. The number of aromatic nitrogens is 1. The molecule has 1 unspecified atom stereocenters. The van der Waals surface area contributed by atoms with Crippen LogP contribution in [0.5, 0.6) is 0 Å². The summed E-state index contributed by atoms with van der Waals surface area (Å²) in [5.41, 5.74) is 0.879. The van der Waals surface area contributed by atoms with Gasteiger partial charge in [-0.3, -0.25) is 19.5 Å². The van der Waals surface area contributed by atoms with Gasteiger partial charge in [0, 0.05) is 38.8 Å². The van der Waals surface area contributed by atoms with Crippen molar-refractivity contribution in [2.45, 2.75) is 51.6 Å². The van der Waals surface area contributed by atoms with Crippen LogP contribution in [0.15, 0.2) is 24.4 Å². The van der Waals surface area contributed by atoms with Gasteiger partial charge in [0.2, 0.25) is 11.8 Å². The molecular weight excluding hydrogens is 328 g/mol. The summed E-state index contributed by atoms with van der Waals surface area (Å²) < 4.78 is 0. The molecule has 1 N–H and O–H groups in total. The first kappa shape index (κ1) is 18.8. The zero-order valence-electron chi connectivity index (χ0n) is 15.7. The lowest BCUT2D eigenvalue weighted by molar-refractivity contribution is -0.135. The third kappa shape index (κ3) is 4.61. The SMILES string of the molecule is CCC(=O)N1CCN(C(C(=O)NCc2ccccn2)C2CCCC2)CC1. The summed E-state index contributed by atoms with van der Waals surface area (Å²) in [5, 5.41) is 3.09. The van der Waals surface area contributed by atoms with Gasteiger partial charge in [-0.15, -0.1) is 0 Å². The molecular formula is C20H30N4O2. The van der Waals surface area contributed by atoms with E-state index < -0.39 is 0 Å². The van der Waals surface area contributed by atoms with Gasteiger partial charge in [0.25, 0.3) is 0 Å². The molecule has 6 heteroatoms. The molecule has 2 heterocycles. The molecule has 142 valence electrons. The van der Waals surface area contributed by atoms with E-state index in [1.807, 2.05) is 30.0 Å². The third-order valence-corrected chi connectivity index (χ3v) is 5.65. The van der Waals surface area contributed by atoms with Crippen LogP contribution in [-0.4, -0.2) is 58.8 Å². The molecule has 1 aromatic heterocycles. The van der Waals surface area contributed by atoms with Crippen LogP contribution in [0.2, 0.25) is 0 Å². The molecule has 6 nitrogen and oxygen atoms in total. The molecule has 0 spiro atoms. The van der Waals surface area contributed by atoms with E-state index in [4.69, 9.17) is 0 Å². The molecule has 2 aliphatic rings. The topological polar surface area (TPSA) is 65.5 Å². The van der Waals surface area contributed by atoms with Crippen molar-refractivity contribution in [2.24, 2.45) is 5.92 Å². The van der Waals surface area contributed by atoms with E-state index in [1.165, 1.54) is 12.8 Å². The quantitative estimate of drug-likeness (QED) is 0.842. The third-order valence-electron chi connectivity index (χ3n) is 5.65. The maximum atomic E-state index is 13.0. The molecule has 1 aliphatic carbocycles. The number of rotatable bonds is 6. The second-order valence-electron chi connectivity index (χ2n) is 7.30. The molecule has 3 rings (SSSR count). The summed E-state index contributed by atoms with van der Waals surface area (Å²) in [4.78, 5) is 33.4. The molecule has 1 saturated carbocycles. The molecule has 2 amide bonds. The summed E-state index contributed by atoms with van der Waals surface area (Å²) in [5.74, 6) is 0.742. The summed E-state index contributed by atoms with van der Waals surface area (Å²) in [6.07, 6.45) is 6.97. The average molecular weight is 358 g/mol. The van der Waals surface area contributed by atoms with Gasteiger partial charge in [0.1, 0.15) is 0 Å². The van der Waals surface area contributed by atoms with Crippen molar-refractivity contribution < 1.29 is 9.59 Å². The van der Waals surface area contributed by atoms with Crippen LogP contribution in [0.3, 0.4) is 0 Å². The van der Waals surface area contributed by atoms with E-state index in [-0.39, 0.29) is 17.9 Å². The van der Waals surface area contributed by atoms with Gasteiger partial charge >= 0.3 is 0 Å². The van der Waals surface area contributed by atoms with Crippen LogP contribution >= 0.6 is 0 Å². The Morgan fingerprint density at radius 1 is 1.19 bits per heavy atom. The lowest BCUT2D eigenvalue weighted by Gasteiger charge is -2.40. The molecule has 0 bridgehead atoms. The first-order valence-electron chi connectivity index (χ1n) is 9.88. The van der Waals surface area contributed by atoms with Gasteiger partial charge in [0.05, 0.1) is 18.3 Å². The first-order valence-corrected chi connectivity index (χ1v) is 9.88. The predicted molar refractivity (Wildman–Crippen MR) is 100 cm³/mol. The fourth-order valence-electron chi connectivity index (χ4n) is 4.21. The number of nitrogens with one attached hydrogen (secondary N) is 1. The standard InChI is InChI=1S/C20H30N4O2/c1-2-18(25)23-11-13-24(14-12-23)19(16-7-3-4-8-16)20(26)22-15-17-9-5-6-10-21-17/h5-6,9-10,16,19H,2-4,7-8,11-15H2,1H3,(H,22,26). The van der Waals surface area contributed by atoms with Crippen molar-refractivity contribution >= 4 is 11.8 Å². The number of hydrogen-bond donors (Lipinski definition) is 1. The van der Waals surface area contributed by atoms with Crippen LogP contribution in [0, 0.1) is 5.92 Å². The minimum Gasteiger partial charge on any atom is -0.349 e. The number of carbonyl (C=O) groups is 2. The Balaban J connectivity index is 1.62. The second-order valence-corrected chi connectivity index (χ2v) is 7.30. The number of pyridine rings is 1. The van der Waals surface area contributed by atoms with Crippen LogP contribution in [0.1, 0.15) is 44.7 Å². The van der Waals surface area contributed by atoms with Crippen molar-refractivity contribution in [3.8, 4) is 0 Å². The van der Waals surface area contributed by atoms with E-state index in [2.05, 4.69) is 15.2 Å². The minimum absolute atomic E-state index is 0.0832. The molecule has 1 aromatic rings.